The Hall–Kier alpha value is -1.40. The normalized spacial score (nSPS) is 16.0. The monoisotopic (exact) mass is 352 g/mol. The zero-order chi connectivity index (χ0) is 17.4. The zero-order valence-electron chi connectivity index (χ0n) is 14.8. The molecule has 1 atom stereocenters. The maximum atomic E-state index is 12.2. The summed E-state index contributed by atoms with van der Waals surface area (Å²) >= 11 is 1.53. The van der Waals surface area contributed by atoms with Gasteiger partial charge in [0.05, 0.1) is 19.5 Å². The number of nitrogens with zero attached hydrogens (tertiary/aromatic N) is 1. The lowest BCUT2D eigenvalue weighted by Gasteiger charge is -2.16. The van der Waals surface area contributed by atoms with Gasteiger partial charge in [-0.1, -0.05) is 0 Å². The molecule has 1 aromatic carbocycles. The highest BCUT2D eigenvalue weighted by atomic mass is 32.2. The number of thioether (sulfide) groups is 1. The lowest BCUT2D eigenvalue weighted by atomic mass is 10.3. The van der Waals surface area contributed by atoms with Gasteiger partial charge in [0.25, 0.3) is 0 Å². The molecule has 5 nitrogen and oxygen atoms in total. The van der Waals surface area contributed by atoms with E-state index in [0.29, 0.717) is 11.5 Å². The Balaban J connectivity index is 1.74. The lowest BCUT2D eigenvalue weighted by Crippen LogP contribution is -2.33. The Morgan fingerprint density at radius 3 is 2.62 bits per heavy atom. The Kier molecular flexibility index (Phi) is 7.72. The third-order valence-electron chi connectivity index (χ3n) is 4.19. The van der Waals surface area contributed by atoms with Gasteiger partial charge in [-0.15, -0.1) is 11.8 Å². The van der Waals surface area contributed by atoms with Gasteiger partial charge >= 0.3 is 0 Å². The first-order chi connectivity index (χ1) is 11.6. The Morgan fingerprint density at radius 1 is 1.25 bits per heavy atom. The highest BCUT2D eigenvalue weighted by Gasteiger charge is 2.16. The molecule has 0 aromatic heterocycles. The summed E-state index contributed by atoms with van der Waals surface area (Å²) in [4.78, 5) is 15.7. The van der Waals surface area contributed by atoms with Crippen LogP contribution in [0.1, 0.15) is 26.2 Å². The number of nitrogens with one attached hydrogen (secondary N) is 1. The van der Waals surface area contributed by atoms with E-state index in [0.717, 1.165) is 24.4 Å². The summed E-state index contributed by atoms with van der Waals surface area (Å²) < 4.78 is 10.5. The fourth-order valence-corrected chi connectivity index (χ4v) is 3.73. The van der Waals surface area contributed by atoms with Gasteiger partial charge in [-0.3, -0.25) is 4.79 Å². The zero-order valence-corrected chi connectivity index (χ0v) is 15.7. The van der Waals surface area contributed by atoms with Gasteiger partial charge in [-0.25, -0.2) is 0 Å². The van der Waals surface area contributed by atoms with Crippen LogP contribution in [-0.2, 0) is 4.79 Å². The van der Waals surface area contributed by atoms with E-state index in [2.05, 4.69) is 10.2 Å². The van der Waals surface area contributed by atoms with E-state index in [1.807, 2.05) is 25.1 Å². The Labute approximate surface area is 149 Å². The molecule has 1 aliphatic heterocycles. The second-order valence-corrected chi connectivity index (χ2v) is 7.38. The van der Waals surface area contributed by atoms with E-state index < -0.39 is 0 Å². The number of carbonyl (C=O) groups excluding carboxylic acids is 1. The first-order valence-corrected chi connectivity index (χ1v) is 9.40. The molecule has 1 fully saturated rings. The van der Waals surface area contributed by atoms with Crippen LogP contribution in [0.25, 0.3) is 0 Å². The molecule has 1 N–H and O–H groups in total. The predicted molar refractivity (Wildman–Crippen MR) is 98.2 cm³/mol. The minimum absolute atomic E-state index is 0.0798. The quantitative estimate of drug-likeness (QED) is 0.547. The molecule has 1 aromatic rings. The molecule has 0 unspecified atom stereocenters. The van der Waals surface area contributed by atoms with E-state index in [1.165, 1.54) is 37.7 Å². The molecule has 1 heterocycles. The number of carbonyl (C=O) groups is 1. The minimum Gasteiger partial charge on any atom is -0.493 e. The van der Waals surface area contributed by atoms with Crippen molar-refractivity contribution < 1.29 is 14.3 Å². The van der Waals surface area contributed by atoms with Crippen LogP contribution in [0.2, 0.25) is 0 Å². The SMILES string of the molecule is COc1ccc(S[C@@H](C)C(=O)NCCCN2CCCC2)cc1OC. The second-order valence-electron chi connectivity index (χ2n) is 5.97. The van der Waals surface area contributed by atoms with Crippen molar-refractivity contribution in [2.24, 2.45) is 0 Å². The Morgan fingerprint density at radius 2 is 1.96 bits per heavy atom. The molecule has 134 valence electrons. The summed E-state index contributed by atoms with van der Waals surface area (Å²) in [6.45, 7) is 6.17. The molecule has 0 saturated carbocycles. The number of benzene rings is 1. The molecule has 0 radical (unpaired) electrons. The van der Waals surface area contributed by atoms with Crippen molar-refractivity contribution in [3.8, 4) is 11.5 Å². The average molecular weight is 353 g/mol. The van der Waals surface area contributed by atoms with E-state index in [9.17, 15) is 4.79 Å². The maximum Gasteiger partial charge on any atom is 0.233 e. The predicted octanol–water partition coefficient (Wildman–Crippen LogP) is 2.79. The van der Waals surface area contributed by atoms with Gasteiger partial charge in [0, 0.05) is 11.4 Å². The van der Waals surface area contributed by atoms with Crippen LogP contribution in [0, 0.1) is 0 Å². The highest BCUT2D eigenvalue weighted by Crippen LogP contribution is 2.33. The van der Waals surface area contributed by atoms with Gasteiger partial charge in [0.2, 0.25) is 5.91 Å². The number of hydrogen-bond acceptors (Lipinski definition) is 5. The summed E-state index contributed by atoms with van der Waals surface area (Å²) in [6.07, 6.45) is 3.64. The molecule has 6 heteroatoms. The topological polar surface area (TPSA) is 50.8 Å². The molecule has 1 amide bonds. The second kappa shape index (κ2) is 9.79. The standard InChI is InChI=1S/C18H28N2O3S/c1-14(18(21)19-9-6-12-20-10-4-5-11-20)24-15-7-8-16(22-2)17(13-15)23-3/h7-8,13-14H,4-6,9-12H2,1-3H3,(H,19,21)/t14-/m0/s1. The number of hydrogen-bond donors (Lipinski definition) is 1. The summed E-state index contributed by atoms with van der Waals surface area (Å²) in [5.41, 5.74) is 0. The molecular formula is C18H28N2O3S. The first kappa shape index (κ1) is 18.9. The number of ether oxygens (including phenoxy) is 2. The summed E-state index contributed by atoms with van der Waals surface area (Å²) in [6, 6.07) is 5.71. The highest BCUT2D eigenvalue weighted by molar-refractivity contribution is 8.00. The van der Waals surface area contributed by atoms with E-state index >= 15 is 0 Å². The van der Waals surface area contributed by atoms with Crippen molar-refractivity contribution in [3.63, 3.8) is 0 Å². The number of methoxy groups -OCH3 is 2. The van der Waals surface area contributed by atoms with Crippen molar-refractivity contribution >= 4 is 17.7 Å². The van der Waals surface area contributed by atoms with Crippen molar-refractivity contribution in [3.05, 3.63) is 18.2 Å². The molecule has 0 aliphatic carbocycles. The third kappa shape index (κ3) is 5.60. The average Bonchev–Trinajstić information content (AvgIpc) is 3.11. The van der Waals surface area contributed by atoms with Crippen LogP contribution in [-0.4, -0.2) is 56.5 Å². The van der Waals surface area contributed by atoms with E-state index in [-0.39, 0.29) is 11.2 Å². The Bertz CT molecular complexity index is 533. The fourth-order valence-electron chi connectivity index (χ4n) is 2.81. The van der Waals surface area contributed by atoms with Crippen LogP contribution < -0.4 is 14.8 Å². The van der Waals surface area contributed by atoms with Gasteiger partial charge in [0.1, 0.15) is 0 Å². The lowest BCUT2D eigenvalue weighted by molar-refractivity contribution is -0.120. The third-order valence-corrected chi connectivity index (χ3v) is 5.28. The summed E-state index contributed by atoms with van der Waals surface area (Å²) in [5, 5.41) is 2.89. The largest absolute Gasteiger partial charge is 0.493 e. The molecule has 24 heavy (non-hydrogen) atoms. The smallest absolute Gasteiger partial charge is 0.233 e. The number of rotatable bonds is 9. The minimum atomic E-state index is -0.144. The maximum absolute atomic E-state index is 12.2. The number of amides is 1. The van der Waals surface area contributed by atoms with Crippen LogP contribution >= 0.6 is 11.8 Å². The molecule has 1 aliphatic rings. The van der Waals surface area contributed by atoms with Gasteiger partial charge < -0.3 is 19.7 Å². The molecular weight excluding hydrogens is 324 g/mol. The molecule has 1 saturated heterocycles. The number of likely N-dealkylation sites (tertiary alicyclic amines) is 1. The van der Waals surface area contributed by atoms with Gasteiger partial charge in [-0.05, 0) is 64.0 Å². The molecule has 0 bridgehead atoms. The van der Waals surface area contributed by atoms with Crippen LogP contribution in [0.3, 0.4) is 0 Å². The fraction of sp³-hybridized carbons (Fsp3) is 0.611. The van der Waals surface area contributed by atoms with Crippen LogP contribution in [0.4, 0.5) is 0 Å². The van der Waals surface area contributed by atoms with Crippen LogP contribution in [0.5, 0.6) is 11.5 Å². The summed E-state index contributed by atoms with van der Waals surface area (Å²) in [5.74, 6) is 1.46. The van der Waals surface area contributed by atoms with E-state index in [4.69, 9.17) is 9.47 Å². The molecule has 2 rings (SSSR count). The van der Waals surface area contributed by atoms with E-state index in [1.54, 1.807) is 14.2 Å². The van der Waals surface area contributed by atoms with Crippen molar-refractivity contribution in [2.75, 3.05) is 40.4 Å². The van der Waals surface area contributed by atoms with Crippen molar-refractivity contribution in [2.45, 2.75) is 36.3 Å². The first-order valence-electron chi connectivity index (χ1n) is 8.52. The van der Waals surface area contributed by atoms with Crippen molar-refractivity contribution in [1.82, 2.24) is 10.2 Å². The summed E-state index contributed by atoms with van der Waals surface area (Å²) in [7, 11) is 3.23. The van der Waals surface area contributed by atoms with Gasteiger partial charge in [-0.2, -0.15) is 0 Å². The van der Waals surface area contributed by atoms with Gasteiger partial charge in [0.15, 0.2) is 11.5 Å². The van der Waals surface area contributed by atoms with Crippen molar-refractivity contribution in [1.29, 1.82) is 0 Å². The molecule has 0 spiro atoms. The van der Waals surface area contributed by atoms with Crippen LogP contribution in [0.15, 0.2) is 23.1 Å².